The van der Waals surface area contributed by atoms with Gasteiger partial charge in [0.1, 0.15) is 5.82 Å². The Kier molecular flexibility index (Phi) is 4.44. The molecule has 0 atom stereocenters. The molecule has 0 saturated heterocycles. The third-order valence-corrected chi connectivity index (χ3v) is 3.77. The first kappa shape index (κ1) is 14.6. The second kappa shape index (κ2) is 6.09. The average molecular weight is 290 g/mol. The van der Waals surface area contributed by atoms with Gasteiger partial charge < -0.3 is 4.90 Å². The highest BCUT2D eigenvalue weighted by Gasteiger charge is 2.16. The monoisotopic (exact) mass is 290 g/mol. The smallest absolute Gasteiger partial charge is 0.254 e. The van der Waals surface area contributed by atoms with E-state index in [1.54, 1.807) is 23.7 Å². The molecule has 0 spiro atoms. The van der Waals surface area contributed by atoms with Gasteiger partial charge in [-0.05, 0) is 37.8 Å². The van der Waals surface area contributed by atoms with Gasteiger partial charge in [0.25, 0.3) is 5.91 Å². The summed E-state index contributed by atoms with van der Waals surface area (Å²) in [6.07, 6.45) is 2.00. The van der Waals surface area contributed by atoms with E-state index < -0.39 is 0 Å². The zero-order chi connectivity index (χ0) is 14.7. The molecule has 106 valence electrons. The van der Waals surface area contributed by atoms with Crippen LogP contribution >= 0.6 is 11.8 Å². The van der Waals surface area contributed by atoms with Crippen molar-refractivity contribution in [2.24, 2.45) is 0 Å². The summed E-state index contributed by atoms with van der Waals surface area (Å²) in [7, 11) is 1.76. The van der Waals surface area contributed by atoms with E-state index in [9.17, 15) is 4.79 Å². The van der Waals surface area contributed by atoms with Crippen molar-refractivity contribution in [1.29, 1.82) is 0 Å². The summed E-state index contributed by atoms with van der Waals surface area (Å²) < 4.78 is 0. The molecule has 1 aromatic heterocycles. The van der Waals surface area contributed by atoms with E-state index in [0.29, 0.717) is 12.4 Å². The molecule has 2 rings (SSSR count). The number of rotatable bonds is 4. The normalized spacial score (nSPS) is 10.6. The first-order valence-corrected chi connectivity index (χ1v) is 7.51. The highest BCUT2D eigenvalue weighted by atomic mass is 32.2. The zero-order valence-electron chi connectivity index (χ0n) is 12.1. The van der Waals surface area contributed by atoms with E-state index >= 15 is 0 Å². The van der Waals surface area contributed by atoms with Gasteiger partial charge in [0.2, 0.25) is 0 Å². The summed E-state index contributed by atoms with van der Waals surface area (Å²) in [6.45, 7) is 4.18. The van der Waals surface area contributed by atoms with Crippen molar-refractivity contribution in [2.45, 2.75) is 25.3 Å². The molecular weight excluding hydrogens is 272 g/mol. The zero-order valence-corrected chi connectivity index (χ0v) is 12.9. The molecule has 0 bridgehead atoms. The van der Waals surface area contributed by atoms with Crippen molar-refractivity contribution in [3.05, 3.63) is 41.0 Å². The van der Waals surface area contributed by atoms with Gasteiger partial charge in [-0.3, -0.25) is 9.89 Å². The molecule has 0 saturated carbocycles. The Balaban J connectivity index is 2.17. The van der Waals surface area contributed by atoms with Crippen LogP contribution in [-0.4, -0.2) is 39.3 Å². The number of aryl methyl sites for hydroxylation is 2. The standard InChI is InChI=1S/C14H18N4OS/c1-9-5-6-11(20-4)7-12(9)14(19)18(3)8-13-15-10(2)16-17-13/h5-7H,8H2,1-4H3,(H,15,16,17). The Bertz CT molecular complexity index is 623. The van der Waals surface area contributed by atoms with Gasteiger partial charge in [-0.2, -0.15) is 5.10 Å². The van der Waals surface area contributed by atoms with Crippen LogP contribution in [-0.2, 0) is 6.54 Å². The lowest BCUT2D eigenvalue weighted by Gasteiger charge is -2.17. The van der Waals surface area contributed by atoms with Gasteiger partial charge in [0.15, 0.2) is 5.82 Å². The highest BCUT2D eigenvalue weighted by Crippen LogP contribution is 2.20. The van der Waals surface area contributed by atoms with E-state index in [2.05, 4.69) is 15.2 Å². The van der Waals surface area contributed by atoms with Crippen molar-refractivity contribution < 1.29 is 4.79 Å². The summed E-state index contributed by atoms with van der Waals surface area (Å²) in [6, 6.07) is 5.93. The first-order chi connectivity index (χ1) is 9.51. The maximum Gasteiger partial charge on any atom is 0.254 e. The largest absolute Gasteiger partial charge is 0.334 e. The Morgan fingerprint density at radius 1 is 1.40 bits per heavy atom. The first-order valence-electron chi connectivity index (χ1n) is 6.29. The number of thioether (sulfide) groups is 1. The number of hydrogen-bond donors (Lipinski definition) is 1. The molecule has 0 unspecified atom stereocenters. The van der Waals surface area contributed by atoms with Crippen LogP contribution in [0.4, 0.5) is 0 Å². The summed E-state index contributed by atoms with van der Waals surface area (Å²) in [5.41, 5.74) is 1.71. The molecule has 1 N–H and O–H groups in total. The minimum absolute atomic E-state index is 0.0131. The maximum absolute atomic E-state index is 12.5. The van der Waals surface area contributed by atoms with Crippen LogP contribution in [0.3, 0.4) is 0 Å². The van der Waals surface area contributed by atoms with Gasteiger partial charge in [0, 0.05) is 17.5 Å². The maximum atomic E-state index is 12.5. The van der Waals surface area contributed by atoms with Crippen LogP contribution in [0.2, 0.25) is 0 Å². The van der Waals surface area contributed by atoms with Gasteiger partial charge in [-0.15, -0.1) is 11.8 Å². The molecule has 0 aliphatic heterocycles. The van der Waals surface area contributed by atoms with Crippen molar-refractivity contribution >= 4 is 17.7 Å². The van der Waals surface area contributed by atoms with Crippen LogP contribution in [0.1, 0.15) is 27.6 Å². The molecule has 0 radical (unpaired) electrons. The van der Waals surface area contributed by atoms with E-state index in [1.807, 2.05) is 38.3 Å². The van der Waals surface area contributed by atoms with Crippen LogP contribution in [0.25, 0.3) is 0 Å². The molecule has 2 aromatic rings. The van der Waals surface area contributed by atoms with Crippen LogP contribution in [0, 0.1) is 13.8 Å². The fourth-order valence-electron chi connectivity index (χ4n) is 1.91. The van der Waals surface area contributed by atoms with Gasteiger partial charge >= 0.3 is 0 Å². The summed E-state index contributed by atoms with van der Waals surface area (Å²) in [4.78, 5) is 19.4. The second-order valence-electron chi connectivity index (χ2n) is 4.68. The Hall–Kier alpha value is -1.82. The SMILES string of the molecule is CSc1ccc(C)c(C(=O)N(C)Cc2n[nH]c(C)n2)c1. The average Bonchev–Trinajstić information content (AvgIpc) is 2.84. The number of benzene rings is 1. The van der Waals surface area contributed by atoms with Crippen LogP contribution in [0.5, 0.6) is 0 Å². The van der Waals surface area contributed by atoms with Crippen molar-refractivity contribution in [2.75, 3.05) is 13.3 Å². The predicted octanol–water partition coefficient (Wildman–Crippen LogP) is 2.42. The number of aromatic nitrogens is 3. The lowest BCUT2D eigenvalue weighted by molar-refractivity contribution is 0.0780. The van der Waals surface area contributed by atoms with Crippen LogP contribution in [0.15, 0.2) is 23.1 Å². The third-order valence-electron chi connectivity index (χ3n) is 3.04. The number of nitrogens with one attached hydrogen (secondary N) is 1. The Labute approximate surface area is 122 Å². The highest BCUT2D eigenvalue weighted by molar-refractivity contribution is 7.98. The number of carbonyl (C=O) groups excluding carboxylic acids is 1. The number of aromatic amines is 1. The van der Waals surface area contributed by atoms with Crippen molar-refractivity contribution in [1.82, 2.24) is 20.1 Å². The van der Waals surface area contributed by atoms with E-state index in [4.69, 9.17) is 0 Å². The van der Waals surface area contributed by atoms with Crippen LogP contribution < -0.4 is 0 Å². The van der Waals surface area contributed by atoms with Crippen molar-refractivity contribution in [3.63, 3.8) is 0 Å². The molecule has 5 nitrogen and oxygen atoms in total. The fraction of sp³-hybridized carbons (Fsp3) is 0.357. The summed E-state index contributed by atoms with van der Waals surface area (Å²) >= 11 is 1.63. The number of hydrogen-bond acceptors (Lipinski definition) is 4. The Morgan fingerprint density at radius 2 is 2.15 bits per heavy atom. The van der Waals surface area contributed by atoms with E-state index in [-0.39, 0.29) is 5.91 Å². The molecule has 0 aliphatic rings. The number of H-pyrrole nitrogens is 1. The lowest BCUT2D eigenvalue weighted by Crippen LogP contribution is -2.27. The number of amides is 1. The third kappa shape index (κ3) is 3.19. The second-order valence-corrected chi connectivity index (χ2v) is 5.56. The molecule has 1 heterocycles. The molecule has 1 aromatic carbocycles. The predicted molar refractivity (Wildman–Crippen MR) is 79.9 cm³/mol. The fourth-order valence-corrected chi connectivity index (χ4v) is 2.35. The Morgan fingerprint density at radius 3 is 2.75 bits per heavy atom. The molecular formula is C14H18N4OS. The minimum atomic E-state index is -0.0131. The quantitative estimate of drug-likeness (QED) is 0.878. The minimum Gasteiger partial charge on any atom is -0.334 e. The van der Waals surface area contributed by atoms with Crippen molar-refractivity contribution in [3.8, 4) is 0 Å². The van der Waals surface area contributed by atoms with Gasteiger partial charge in [0.05, 0.1) is 6.54 Å². The summed E-state index contributed by atoms with van der Waals surface area (Å²) in [5.74, 6) is 1.36. The molecule has 0 fully saturated rings. The lowest BCUT2D eigenvalue weighted by atomic mass is 10.1. The molecule has 20 heavy (non-hydrogen) atoms. The van der Waals surface area contributed by atoms with E-state index in [0.717, 1.165) is 21.8 Å². The molecule has 1 amide bonds. The molecule has 0 aliphatic carbocycles. The van der Waals surface area contributed by atoms with Gasteiger partial charge in [-0.1, -0.05) is 6.07 Å². The molecule has 6 heteroatoms. The number of carbonyl (C=O) groups is 1. The topological polar surface area (TPSA) is 61.9 Å². The number of nitrogens with zero attached hydrogens (tertiary/aromatic N) is 3. The van der Waals surface area contributed by atoms with Gasteiger partial charge in [-0.25, -0.2) is 4.98 Å². The van der Waals surface area contributed by atoms with E-state index in [1.165, 1.54) is 0 Å². The summed E-state index contributed by atoms with van der Waals surface area (Å²) in [5, 5.41) is 6.83.